The van der Waals surface area contributed by atoms with Gasteiger partial charge in [0, 0.05) is 36.2 Å². The molecular formula is C21H35Cl2N3O. The molecule has 0 bridgehead atoms. The Morgan fingerprint density at radius 1 is 1.26 bits per heavy atom. The van der Waals surface area contributed by atoms with E-state index in [1.165, 1.54) is 24.8 Å². The molecule has 1 aromatic carbocycles. The first kappa shape index (κ1) is 22.9. The van der Waals surface area contributed by atoms with Gasteiger partial charge in [0.25, 0.3) is 0 Å². The molecule has 2 N–H and O–H groups in total. The average Bonchev–Trinajstić information content (AvgIpc) is 3.15. The molecule has 4 atom stereocenters. The summed E-state index contributed by atoms with van der Waals surface area (Å²) in [6, 6.07) is 9.67. The maximum absolute atomic E-state index is 6.54. The van der Waals surface area contributed by atoms with Crippen molar-refractivity contribution in [1.82, 2.24) is 15.5 Å². The molecule has 27 heavy (non-hydrogen) atoms. The summed E-state index contributed by atoms with van der Waals surface area (Å²) < 4.78 is 5.71. The third kappa shape index (κ3) is 5.81. The Morgan fingerprint density at radius 3 is 2.70 bits per heavy atom. The minimum atomic E-state index is 0. The Balaban J connectivity index is 0.00000261. The minimum Gasteiger partial charge on any atom is -0.379 e. The zero-order chi connectivity index (χ0) is 18.4. The van der Waals surface area contributed by atoms with E-state index >= 15 is 0 Å². The van der Waals surface area contributed by atoms with E-state index in [9.17, 15) is 0 Å². The van der Waals surface area contributed by atoms with E-state index in [4.69, 9.17) is 16.3 Å². The van der Waals surface area contributed by atoms with E-state index < -0.39 is 0 Å². The van der Waals surface area contributed by atoms with Crippen molar-refractivity contribution in [2.45, 2.75) is 51.2 Å². The van der Waals surface area contributed by atoms with Crippen LogP contribution in [0.15, 0.2) is 24.3 Å². The van der Waals surface area contributed by atoms with Gasteiger partial charge in [0.2, 0.25) is 0 Å². The number of morpholine rings is 1. The average molecular weight is 416 g/mol. The summed E-state index contributed by atoms with van der Waals surface area (Å²) in [6.07, 6.45) is 3.86. The molecule has 3 rings (SSSR count). The molecule has 0 spiro atoms. The second kappa shape index (κ2) is 11.6. The fourth-order valence-electron chi connectivity index (χ4n) is 4.69. The summed E-state index contributed by atoms with van der Waals surface area (Å²) >= 11 is 6.54. The van der Waals surface area contributed by atoms with Crippen LogP contribution >= 0.6 is 24.0 Å². The summed E-state index contributed by atoms with van der Waals surface area (Å²) in [4.78, 5) is 2.50. The van der Waals surface area contributed by atoms with Crippen LogP contribution < -0.4 is 10.6 Å². The Labute approximate surface area is 175 Å². The number of nitrogens with one attached hydrogen (secondary N) is 2. The van der Waals surface area contributed by atoms with E-state index in [0.717, 1.165) is 44.4 Å². The largest absolute Gasteiger partial charge is 0.379 e. The first-order valence-electron chi connectivity index (χ1n) is 10.3. The van der Waals surface area contributed by atoms with Crippen molar-refractivity contribution in [3.05, 3.63) is 34.9 Å². The van der Waals surface area contributed by atoms with E-state index in [-0.39, 0.29) is 12.4 Å². The van der Waals surface area contributed by atoms with Crippen LogP contribution in [0.1, 0.15) is 44.7 Å². The number of nitrogens with zero attached hydrogens (tertiary/aromatic N) is 1. The molecule has 6 heteroatoms. The Morgan fingerprint density at radius 2 is 2.04 bits per heavy atom. The maximum atomic E-state index is 6.54. The smallest absolute Gasteiger partial charge is 0.0623 e. The Bertz CT molecular complexity index is 550. The first-order chi connectivity index (χ1) is 12.7. The monoisotopic (exact) mass is 415 g/mol. The number of hydrogen-bond donors (Lipinski definition) is 2. The number of likely N-dealkylation sites (N-methyl/N-ethyl adjacent to an activating group) is 1. The van der Waals surface area contributed by atoms with Gasteiger partial charge in [-0.05, 0) is 43.5 Å². The lowest BCUT2D eigenvalue weighted by atomic mass is 9.93. The summed E-state index contributed by atoms with van der Waals surface area (Å²) in [5.41, 5.74) is 1.24. The lowest BCUT2D eigenvalue weighted by Crippen LogP contribution is -2.51. The molecule has 2 aliphatic rings. The lowest BCUT2D eigenvalue weighted by Gasteiger charge is -2.35. The van der Waals surface area contributed by atoms with Crippen LogP contribution in [0.3, 0.4) is 0 Å². The van der Waals surface area contributed by atoms with Crippen molar-refractivity contribution in [2.75, 3.05) is 39.4 Å². The highest BCUT2D eigenvalue weighted by Gasteiger charge is 2.35. The molecule has 2 fully saturated rings. The van der Waals surface area contributed by atoms with E-state index in [1.54, 1.807) is 0 Å². The van der Waals surface area contributed by atoms with Crippen LogP contribution in [0.25, 0.3) is 0 Å². The number of hydrogen-bond acceptors (Lipinski definition) is 4. The van der Waals surface area contributed by atoms with Crippen LogP contribution in [0, 0.1) is 5.92 Å². The maximum Gasteiger partial charge on any atom is 0.0623 e. The zero-order valence-corrected chi connectivity index (χ0v) is 18.2. The minimum absolute atomic E-state index is 0. The van der Waals surface area contributed by atoms with Gasteiger partial charge >= 0.3 is 0 Å². The van der Waals surface area contributed by atoms with Crippen LogP contribution in [-0.2, 0) is 4.74 Å². The molecule has 0 amide bonds. The van der Waals surface area contributed by atoms with E-state index in [0.29, 0.717) is 24.0 Å². The Hall–Kier alpha value is -0.360. The van der Waals surface area contributed by atoms with Crippen molar-refractivity contribution in [2.24, 2.45) is 5.92 Å². The quantitative estimate of drug-likeness (QED) is 0.674. The third-order valence-corrected chi connectivity index (χ3v) is 6.47. The van der Waals surface area contributed by atoms with Gasteiger partial charge in [-0.3, -0.25) is 4.90 Å². The predicted molar refractivity (Wildman–Crippen MR) is 116 cm³/mol. The molecule has 1 aliphatic heterocycles. The van der Waals surface area contributed by atoms with E-state index in [2.05, 4.69) is 41.5 Å². The van der Waals surface area contributed by atoms with Crippen molar-refractivity contribution in [3.8, 4) is 0 Å². The van der Waals surface area contributed by atoms with Gasteiger partial charge in [0.15, 0.2) is 0 Å². The van der Waals surface area contributed by atoms with Gasteiger partial charge in [-0.25, -0.2) is 0 Å². The SMILES string of the molecule is CCN(CC)C(CNC1CCCC1C1COCCN1)c1ccccc1Cl.Cl. The molecule has 1 saturated carbocycles. The van der Waals surface area contributed by atoms with Gasteiger partial charge in [0.05, 0.1) is 13.2 Å². The summed E-state index contributed by atoms with van der Waals surface area (Å²) in [5, 5.41) is 8.45. The normalized spacial score (nSPS) is 26.7. The molecule has 1 saturated heterocycles. The molecule has 4 nitrogen and oxygen atoms in total. The second-order valence-electron chi connectivity index (χ2n) is 7.50. The zero-order valence-electron chi connectivity index (χ0n) is 16.6. The van der Waals surface area contributed by atoms with Crippen molar-refractivity contribution >= 4 is 24.0 Å². The molecule has 1 heterocycles. The number of halogens is 2. The van der Waals surface area contributed by atoms with Crippen LogP contribution in [-0.4, -0.2) is 56.4 Å². The highest BCUT2D eigenvalue weighted by molar-refractivity contribution is 6.31. The highest BCUT2D eigenvalue weighted by Crippen LogP contribution is 2.31. The van der Waals surface area contributed by atoms with Gasteiger partial charge in [-0.2, -0.15) is 0 Å². The summed E-state index contributed by atoms with van der Waals surface area (Å²) in [5.74, 6) is 0.666. The van der Waals surface area contributed by atoms with Gasteiger partial charge < -0.3 is 15.4 Å². The van der Waals surface area contributed by atoms with Crippen LogP contribution in [0.5, 0.6) is 0 Å². The number of rotatable bonds is 8. The Kier molecular flexibility index (Phi) is 9.85. The number of ether oxygens (including phenoxy) is 1. The predicted octanol–water partition coefficient (Wildman–Crippen LogP) is 3.89. The standard InChI is InChI=1S/C21H34ClN3O.ClH/c1-3-25(4-2)21(16-8-5-6-10-18(16)22)14-24-19-11-7-9-17(19)20-15-26-13-12-23-20;/h5-6,8,10,17,19-21,23-24H,3-4,7,9,11-15H2,1-2H3;1H. The fourth-order valence-corrected chi connectivity index (χ4v) is 4.95. The number of benzene rings is 1. The molecule has 0 radical (unpaired) electrons. The van der Waals surface area contributed by atoms with Crippen molar-refractivity contribution in [1.29, 1.82) is 0 Å². The molecule has 4 unspecified atom stereocenters. The molecule has 1 aromatic rings. The summed E-state index contributed by atoms with van der Waals surface area (Å²) in [7, 11) is 0. The van der Waals surface area contributed by atoms with Gasteiger partial charge in [-0.1, -0.05) is 50.1 Å². The van der Waals surface area contributed by atoms with Gasteiger partial charge in [-0.15, -0.1) is 12.4 Å². The molecule has 154 valence electrons. The van der Waals surface area contributed by atoms with Crippen molar-refractivity contribution < 1.29 is 4.74 Å². The van der Waals surface area contributed by atoms with E-state index in [1.807, 2.05) is 12.1 Å². The van der Waals surface area contributed by atoms with Gasteiger partial charge in [0.1, 0.15) is 0 Å². The van der Waals surface area contributed by atoms with Crippen LogP contribution in [0.2, 0.25) is 5.02 Å². The fraction of sp³-hybridized carbons (Fsp3) is 0.714. The van der Waals surface area contributed by atoms with Crippen molar-refractivity contribution in [3.63, 3.8) is 0 Å². The topological polar surface area (TPSA) is 36.5 Å². The molecule has 0 aromatic heterocycles. The second-order valence-corrected chi connectivity index (χ2v) is 7.91. The molecule has 1 aliphatic carbocycles. The van der Waals surface area contributed by atoms with Crippen LogP contribution in [0.4, 0.5) is 0 Å². The lowest BCUT2D eigenvalue weighted by molar-refractivity contribution is 0.0518. The summed E-state index contributed by atoms with van der Waals surface area (Å²) in [6.45, 7) is 10.1. The molecular weight excluding hydrogens is 381 g/mol. The third-order valence-electron chi connectivity index (χ3n) is 6.13. The highest BCUT2D eigenvalue weighted by atomic mass is 35.5. The first-order valence-corrected chi connectivity index (χ1v) is 10.6.